The first-order valence-corrected chi connectivity index (χ1v) is 4.56. The van der Waals surface area contributed by atoms with Gasteiger partial charge in [-0.2, -0.15) is 0 Å². The number of fused-ring (bicyclic) bond motifs is 1. The van der Waals surface area contributed by atoms with Crippen LogP contribution in [0.25, 0.3) is 0 Å². The van der Waals surface area contributed by atoms with Gasteiger partial charge >= 0.3 is 0 Å². The van der Waals surface area contributed by atoms with Crippen LogP contribution in [-0.4, -0.2) is 18.5 Å². The Hall–Kier alpha value is -1.35. The number of methoxy groups -OCH3 is 1. The number of hydrogen-bond acceptors (Lipinski definition) is 3. The van der Waals surface area contributed by atoms with E-state index in [2.05, 4.69) is 0 Å². The van der Waals surface area contributed by atoms with Gasteiger partial charge in [0.2, 0.25) is 0 Å². The van der Waals surface area contributed by atoms with Crippen LogP contribution < -0.4 is 4.74 Å². The normalized spacial score (nSPS) is 24.4. The molecule has 3 heteroatoms. The van der Waals surface area contributed by atoms with Gasteiger partial charge in [-0.3, -0.25) is 4.79 Å². The second-order valence-corrected chi connectivity index (χ2v) is 3.53. The molecule has 1 aromatic rings. The molecular formula is C11H12O3. The van der Waals surface area contributed by atoms with E-state index in [0.717, 1.165) is 11.3 Å². The summed E-state index contributed by atoms with van der Waals surface area (Å²) in [5, 5.41) is 9.95. The SMILES string of the molecule is COc1cccc2c1CCC2(O)C=O. The summed E-state index contributed by atoms with van der Waals surface area (Å²) in [6, 6.07) is 5.41. The zero-order valence-corrected chi connectivity index (χ0v) is 7.99. The second kappa shape index (κ2) is 3.10. The van der Waals surface area contributed by atoms with E-state index in [1.807, 2.05) is 6.07 Å². The minimum atomic E-state index is -1.30. The highest BCUT2D eigenvalue weighted by Gasteiger charge is 2.37. The average Bonchev–Trinajstić information content (AvgIpc) is 2.58. The van der Waals surface area contributed by atoms with Crippen LogP contribution in [-0.2, 0) is 16.8 Å². The van der Waals surface area contributed by atoms with E-state index < -0.39 is 5.60 Å². The third-order valence-corrected chi connectivity index (χ3v) is 2.77. The van der Waals surface area contributed by atoms with Gasteiger partial charge in [-0.25, -0.2) is 0 Å². The summed E-state index contributed by atoms with van der Waals surface area (Å²) >= 11 is 0. The highest BCUT2D eigenvalue weighted by Crippen LogP contribution is 2.39. The topological polar surface area (TPSA) is 46.5 Å². The third kappa shape index (κ3) is 1.13. The molecule has 0 radical (unpaired) electrons. The van der Waals surface area contributed by atoms with E-state index in [-0.39, 0.29) is 0 Å². The van der Waals surface area contributed by atoms with Gasteiger partial charge in [-0.1, -0.05) is 12.1 Å². The Balaban J connectivity index is 2.57. The Kier molecular flexibility index (Phi) is 2.04. The number of aldehydes is 1. The third-order valence-electron chi connectivity index (χ3n) is 2.77. The molecule has 1 atom stereocenters. The van der Waals surface area contributed by atoms with Crippen LogP contribution in [0.5, 0.6) is 5.75 Å². The Morgan fingerprint density at radius 3 is 3.00 bits per heavy atom. The summed E-state index contributed by atoms with van der Waals surface area (Å²) in [5.74, 6) is 0.750. The standard InChI is InChI=1S/C11H12O3/c1-14-10-4-2-3-9-8(10)5-6-11(9,13)7-12/h2-4,7,13H,5-6H2,1H3. The number of rotatable bonds is 2. The summed E-state index contributed by atoms with van der Waals surface area (Å²) in [4.78, 5) is 10.8. The van der Waals surface area contributed by atoms with Crippen molar-refractivity contribution in [1.29, 1.82) is 0 Å². The van der Waals surface area contributed by atoms with Crippen LogP contribution in [0.1, 0.15) is 17.5 Å². The van der Waals surface area contributed by atoms with Crippen LogP contribution >= 0.6 is 0 Å². The molecule has 0 saturated heterocycles. The maximum Gasteiger partial charge on any atom is 0.156 e. The average molecular weight is 192 g/mol. The van der Waals surface area contributed by atoms with Crippen molar-refractivity contribution in [3.05, 3.63) is 29.3 Å². The summed E-state index contributed by atoms with van der Waals surface area (Å²) in [6.45, 7) is 0. The Morgan fingerprint density at radius 1 is 1.57 bits per heavy atom. The highest BCUT2D eigenvalue weighted by molar-refractivity contribution is 5.70. The molecule has 0 aliphatic heterocycles. The number of carbonyl (C=O) groups is 1. The van der Waals surface area contributed by atoms with Gasteiger partial charge in [0.05, 0.1) is 7.11 Å². The molecule has 0 fully saturated rings. The van der Waals surface area contributed by atoms with Crippen molar-refractivity contribution >= 4 is 6.29 Å². The second-order valence-electron chi connectivity index (χ2n) is 3.53. The summed E-state index contributed by atoms with van der Waals surface area (Å²) in [6.07, 6.45) is 1.75. The number of hydrogen-bond donors (Lipinski definition) is 1. The summed E-state index contributed by atoms with van der Waals surface area (Å²) < 4.78 is 5.17. The van der Waals surface area contributed by atoms with Crippen molar-refractivity contribution in [1.82, 2.24) is 0 Å². The quantitative estimate of drug-likeness (QED) is 0.712. The molecule has 2 rings (SSSR count). The molecule has 74 valence electrons. The highest BCUT2D eigenvalue weighted by atomic mass is 16.5. The van der Waals surface area contributed by atoms with Gasteiger partial charge in [0, 0.05) is 5.56 Å². The lowest BCUT2D eigenvalue weighted by Gasteiger charge is -2.16. The fourth-order valence-corrected chi connectivity index (χ4v) is 1.99. The predicted octanol–water partition coefficient (Wildman–Crippen LogP) is 1.03. The Bertz CT molecular complexity index is 373. The van der Waals surface area contributed by atoms with Crippen LogP contribution in [0.15, 0.2) is 18.2 Å². The van der Waals surface area contributed by atoms with Crippen molar-refractivity contribution in [2.45, 2.75) is 18.4 Å². The Labute approximate surface area is 82.3 Å². The molecule has 1 aliphatic rings. The van der Waals surface area contributed by atoms with Crippen LogP contribution in [0.4, 0.5) is 0 Å². The van der Waals surface area contributed by atoms with Gasteiger partial charge in [-0.15, -0.1) is 0 Å². The lowest BCUT2D eigenvalue weighted by molar-refractivity contribution is -0.124. The fourth-order valence-electron chi connectivity index (χ4n) is 1.99. The molecule has 0 amide bonds. The minimum absolute atomic E-state index is 0.451. The number of benzene rings is 1. The molecule has 0 heterocycles. The van der Waals surface area contributed by atoms with Crippen molar-refractivity contribution < 1.29 is 14.6 Å². The fraction of sp³-hybridized carbons (Fsp3) is 0.364. The van der Waals surface area contributed by atoms with Crippen LogP contribution in [0.3, 0.4) is 0 Å². The van der Waals surface area contributed by atoms with E-state index in [1.165, 1.54) is 0 Å². The first kappa shape index (κ1) is 9.21. The van der Waals surface area contributed by atoms with E-state index in [9.17, 15) is 9.90 Å². The molecule has 3 nitrogen and oxygen atoms in total. The molecule has 0 bridgehead atoms. The van der Waals surface area contributed by atoms with E-state index in [0.29, 0.717) is 24.7 Å². The van der Waals surface area contributed by atoms with Gasteiger partial charge in [0.1, 0.15) is 11.4 Å². The predicted molar refractivity (Wildman–Crippen MR) is 51.3 cm³/mol. The van der Waals surface area contributed by atoms with Crippen LogP contribution in [0, 0.1) is 0 Å². The molecule has 0 saturated carbocycles. The minimum Gasteiger partial charge on any atom is -0.496 e. The van der Waals surface area contributed by atoms with Crippen LogP contribution in [0.2, 0.25) is 0 Å². The van der Waals surface area contributed by atoms with Crippen molar-refractivity contribution in [2.24, 2.45) is 0 Å². The van der Waals surface area contributed by atoms with Crippen molar-refractivity contribution in [3.63, 3.8) is 0 Å². The maximum atomic E-state index is 10.8. The van der Waals surface area contributed by atoms with Gasteiger partial charge in [-0.05, 0) is 24.5 Å². The molecule has 1 N–H and O–H groups in total. The smallest absolute Gasteiger partial charge is 0.156 e. The molecule has 0 aromatic heterocycles. The lowest BCUT2D eigenvalue weighted by atomic mass is 9.98. The number of aliphatic hydroxyl groups is 1. The summed E-state index contributed by atoms with van der Waals surface area (Å²) in [7, 11) is 1.59. The zero-order valence-electron chi connectivity index (χ0n) is 7.99. The number of carbonyl (C=O) groups excluding carboxylic acids is 1. The van der Waals surface area contributed by atoms with E-state index in [1.54, 1.807) is 19.2 Å². The van der Waals surface area contributed by atoms with Crippen molar-refractivity contribution in [2.75, 3.05) is 7.11 Å². The first-order valence-electron chi connectivity index (χ1n) is 4.56. The monoisotopic (exact) mass is 192 g/mol. The Morgan fingerprint density at radius 2 is 2.36 bits per heavy atom. The number of ether oxygens (including phenoxy) is 1. The molecule has 14 heavy (non-hydrogen) atoms. The molecule has 1 aliphatic carbocycles. The molecule has 0 spiro atoms. The first-order chi connectivity index (χ1) is 6.71. The van der Waals surface area contributed by atoms with E-state index >= 15 is 0 Å². The maximum absolute atomic E-state index is 10.8. The summed E-state index contributed by atoms with van der Waals surface area (Å²) in [5.41, 5.74) is 0.334. The molecule has 1 unspecified atom stereocenters. The largest absolute Gasteiger partial charge is 0.496 e. The molecule has 1 aromatic carbocycles. The van der Waals surface area contributed by atoms with E-state index in [4.69, 9.17) is 4.74 Å². The van der Waals surface area contributed by atoms with Gasteiger partial charge in [0.15, 0.2) is 6.29 Å². The van der Waals surface area contributed by atoms with Gasteiger partial charge < -0.3 is 9.84 Å². The zero-order chi connectivity index (χ0) is 10.2. The lowest BCUT2D eigenvalue weighted by Crippen LogP contribution is -2.23. The van der Waals surface area contributed by atoms with Crippen molar-refractivity contribution in [3.8, 4) is 5.75 Å². The molecular weight excluding hydrogens is 180 g/mol. The van der Waals surface area contributed by atoms with Gasteiger partial charge in [0.25, 0.3) is 0 Å².